The number of nitrogens with zero attached hydrogens (tertiary/aromatic N) is 2. The zero-order valence-electron chi connectivity index (χ0n) is 16.8. The Morgan fingerprint density at radius 2 is 2.07 bits per heavy atom. The van der Waals surface area contributed by atoms with Crippen molar-refractivity contribution in [3.63, 3.8) is 0 Å². The van der Waals surface area contributed by atoms with Gasteiger partial charge in [-0.05, 0) is 36.9 Å². The van der Waals surface area contributed by atoms with E-state index in [4.69, 9.17) is 9.47 Å². The lowest BCUT2D eigenvalue weighted by Gasteiger charge is -2.56. The molecule has 6 heteroatoms. The largest absolute Gasteiger partial charge is 0.436 e. The van der Waals surface area contributed by atoms with Gasteiger partial charge in [-0.1, -0.05) is 29.8 Å². The first-order valence-corrected chi connectivity index (χ1v) is 10.6. The molecule has 3 fully saturated rings. The minimum Gasteiger partial charge on any atom is -0.436 e. The Hall–Kier alpha value is -2.18. The lowest BCUT2D eigenvalue weighted by atomic mass is 9.55. The molecule has 0 N–H and O–H groups in total. The Morgan fingerprint density at radius 1 is 1.24 bits per heavy atom. The molecule has 1 amide bonds. The smallest absolute Gasteiger partial charge is 0.304 e. The second kappa shape index (κ2) is 5.92. The van der Waals surface area contributed by atoms with Gasteiger partial charge in [0.2, 0.25) is 12.2 Å². The van der Waals surface area contributed by atoms with Crippen molar-refractivity contribution in [1.82, 2.24) is 4.90 Å². The number of benzene rings is 1. The zero-order valence-corrected chi connectivity index (χ0v) is 16.8. The zero-order chi connectivity index (χ0) is 19.9. The summed E-state index contributed by atoms with van der Waals surface area (Å²) in [7, 11) is 0. The average Bonchev–Trinajstić information content (AvgIpc) is 3.15. The molecule has 2 bridgehead atoms. The number of anilines is 1. The van der Waals surface area contributed by atoms with Crippen molar-refractivity contribution in [2.75, 3.05) is 24.6 Å². The van der Waals surface area contributed by atoms with Gasteiger partial charge in [0.25, 0.3) is 0 Å². The van der Waals surface area contributed by atoms with Crippen LogP contribution in [0.4, 0.5) is 5.69 Å². The van der Waals surface area contributed by atoms with Crippen LogP contribution in [-0.2, 0) is 24.5 Å². The van der Waals surface area contributed by atoms with E-state index >= 15 is 0 Å². The number of piperidine rings is 1. The van der Waals surface area contributed by atoms with Crippen LogP contribution in [0.25, 0.3) is 0 Å². The summed E-state index contributed by atoms with van der Waals surface area (Å²) in [6.45, 7) is 5.54. The molecule has 1 aromatic rings. The average molecular weight is 394 g/mol. The molecule has 1 aliphatic carbocycles. The predicted octanol–water partition coefficient (Wildman–Crippen LogP) is 2.23. The molecule has 5 aliphatic rings. The summed E-state index contributed by atoms with van der Waals surface area (Å²) in [5.74, 6) is -0.0617. The fourth-order valence-electron chi connectivity index (χ4n) is 7.24. The van der Waals surface area contributed by atoms with E-state index in [1.165, 1.54) is 18.1 Å². The van der Waals surface area contributed by atoms with Gasteiger partial charge in [-0.3, -0.25) is 14.5 Å². The van der Waals surface area contributed by atoms with Crippen LogP contribution in [0.2, 0.25) is 0 Å². The van der Waals surface area contributed by atoms with E-state index in [1.807, 2.05) is 11.0 Å². The van der Waals surface area contributed by atoms with E-state index in [0.717, 1.165) is 31.6 Å². The van der Waals surface area contributed by atoms with Crippen molar-refractivity contribution in [3.05, 3.63) is 41.5 Å². The predicted molar refractivity (Wildman–Crippen MR) is 106 cm³/mol. The van der Waals surface area contributed by atoms with E-state index in [9.17, 15) is 9.59 Å². The molecule has 2 saturated heterocycles. The Kier molecular flexibility index (Phi) is 3.61. The van der Waals surface area contributed by atoms with Gasteiger partial charge in [-0.2, -0.15) is 0 Å². The Balaban J connectivity index is 1.60. The summed E-state index contributed by atoms with van der Waals surface area (Å²) in [6, 6.07) is 8.74. The Morgan fingerprint density at radius 3 is 2.86 bits per heavy atom. The van der Waals surface area contributed by atoms with Crippen LogP contribution in [-0.4, -0.2) is 54.8 Å². The monoisotopic (exact) mass is 394 g/mol. The minimum absolute atomic E-state index is 0.0501. The van der Waals surface area contributed by atoms with Gasteiger partial charge in [0, 0.05) is 37.5 Å². The minimum atomic E-state index is -0.627. The molecule has 152 valence electrons. The van der Waals surface area contributed by atoms with Crippen molar-refractivity contribution in [2.45, 2.75) is 50.5 Å². The van der Waals surface area contributed by atoms with Crippen LogP contribution in [0.3, 0.4) is 0 Å². The highest BCUT2D eigenvalue weighted by molar-refractivity contribution is 5.96. The summed E-state index contributed by atoms with van der Waals surface area (Å²) in [5, 5.41) is 0. The molecule has 6 atom stereocenters. The maximum atomic E-state index is 13.0. The summed E-state index contributed by atoms with van der Waals surface area (Å²) in [5.41, 5.74) is 3.57. The van der Waals surface area contributed by atoms with E-state index in [2.05, 4.69) is 29.2 Å². The lowest BCUT2D eigenvalue weighted by molar-refractivity contribution is -0.197. The quantitative estimate of drug-likeness (QED) is 0.540. The van der Waals surface area contributed by atoms with Crippen molar-refractivity contribution in [2.24, 2.45) is 11.8 Å². The lowest BCUT2D eigenvalue weighted by Crippen LogP contribution is -2.66. The standard InChI is InChI=1S/C23H26N2O4/c1-13(26)25-18-6-4-3-5-17(18)23-8-9-24-12-15-7-10-28-22(29-14(2)27)20(21(23)25)16(15)11-19(23)24/h3-7,16,19-22H,8-12H2,1-2H3/t16-,19-,20+,21-,22+,23?/m0/s1. The molecule has 4 heterocycles. The third-order valence-corrected chi connectivity index (χ3v) is 8.03. The molecule has 6 nitrogen and oxygen atoms in total. The number of carbonyl (C=O) groups excluding carboxylic acids is 2. The molecular weight excluding hydrogens is 368 g/mol. The van der Waals surface area contributed by atoms with Gasteiger partial charge >= 0.3 is 5.97 Å². The van der Waals surface area contributed by atoms with Crippen LogP contribution < -0.4 is 4.90 Å². The van der Waals surface area contributed by atoms with Gasteiger partial charge in [0.1, 0.15) is 0 Å². The molecule has 1 spiro atoms. The maximum absolute atomic E-state index is 13.0. The van der Waals surface area contributed by atoms with Gasteiger partial charge in [0.15, 0.2) is 0 Å². The van der Waals surface area contributed by atoms with Gasteiger partial charge in [0.05, 0.1) is 18.6 Å². The number of hydrogen-bond donors (Lipinski definition) is 0. The number of carbonyl (C=O) groups is 2. The summed E-state index contributed by atoms with van der Waals surface area (Å²) < 4.78 is 11.8. The number of fused-ring (bicyclic) bond motifs is 2. The molecule has 1 aromatic carbocycles. The Bertz CT molecular complexity index is 943. The van der Waals surface area contributed by atoms with Crippen LogP contribution in [0, 0.1) is 11.8 Å². The van der Waals surface area contributed by atoms with Gasteiger partial charge in [-0.25, -0.2) is 0 Å². The normalized spacial score (nSPS) is 39.3. The van der Waals surface area contributed by atoms with Crippen molar-refractivity contribution in [3.8, 4) is 0 Å². The Labute approximate surface area is 170 Å². The topological polar surface area (TPSA) is 59.1 Å². The van der Waals surface area contributed by atoms with Crippen LogP contribution >= 0.6 is 0 Å². The SMILES string of the molecule is CC(=O)O[C@H]1OCC=C2CN3CCC45c6ccccc6N(C(C)=O)[C@H]4[C@H]1[C@H]2C[C@H]35. The van der Waals surface area contributed by atoms with Crippen molar-refractivity contribution in [1.29, 1.82) is 0 Å². The van der Waals surface area contributed by atoms with Crippen molar-refractivity contribution < 1.29 is 19.1 Å². The fraction of sp³-hybridized carbons (Fsp3) is 0.565. The number of esters is 1. The third-order valence-electron chi connectivity index (χ3n) is 8.03. The molecule has 1 unspecified atom stereocenters. The first-order valence-electron chi connectivity index (χ1n) is 10.6. The summed E-state index contributed by atoms with van der Waals surface area (Å²) in [6.07, 6.45) is 3.61. The molecule has 4 aliphatic heterocycles. The first-order chi connectivity index (χ1) is 14.0. The maximum Gasteiger partial charge on any atom is 0.304 e. The number of hydrogen-bond acceptors (Lipinski definition) is 5. The number of ether oxygens (including phenoxy) is 2. The van der Waals surface area contributed by atoms with Gasteiger partial charge < -0.3 is 14.4 Å². The van der Waals surface area contributed by atoms with E-state index < -0.39 is 6.29 Å². The highest BCUT2D eigenvalue weighted by Crippen LogP contribution is 2.64. The van der Waals surface area contributed by atoms with E-state index in [-0.39, 0.29) is 35.2 Å². The number of amides is 1. The molecule has 0 radical (unpaired) electrons. The van der Waals surface area contributed by atoms with Crippen molar-refractivity contribution >= 4 is 17.6 Å². The molecular formula is C23H26N2O4. The van der Waals surface area contributed by atoms with E-state index in [1.54, 1.807) is 6.92 Å². The molecule has 6 rings (SSSR count). The second-order valence-electron chi connectivity index (χ2n) is 9.14. The second-order valence-corrected chi connectivity index (χ2v) is 9.14. The first kappa shape index (κ1) is 17.7. The third kappa shape index (κ3) is 2.14. The summed E-state index contributed by atoms with van der Waals surface area (Å²) >= 11 is 0. The van der Waals surface area contributed by atoms with Crippen LogP contribution in [0.15, 0.2) is 35.9 Å². The van der Waals surface area contributed by atoms with Crippen LogP contribution in [0.5, 0.6) is 0 Å². The molecule has 1 saturated carbocycles. The number of para-hydroxylation sites is 1. The van der Waals surface area contributed by atoms with Crippen LogP contribution in [0.1, 0.15) is 32.3 Å². The number of rotatable bonds is 1. The highest BCUT2D eigenvalue weighted by atomic mass is 16.7. The highest BCUT2D eigenvalue weighted by Gasteiger charge is 2.69. The van der Waals surface area contributed by atoms with Gasteiger partial charge in [-0.15, -0.1) is 0 Å². The summed E-state index contributed by atoms with van der Waals surface area (Å²) in [4.78, 5) is 29.5. The van der Waals surface area contributed by atoms with E-state index in [0.29, 0.717) is 12.6 Å². The fourth-order valence-corrected chi connectivity index (χ4v) is 7.24. The molecule has 29 heavy (non-hydrogen) atoms. The molecule has 0 aromatic heterocycles.